The summed E-state index contributed by atoms with van der Waals surface area (Å²) in [5.74, 6) is -1.14. The molecule has 7 nitrogen and oxygen atoms in total. The number of carbonyl (C=O) groups is 3. The van der Waals surface area contributed by atoms with E-state index in [2.05, 4.69) is 20.5 Å². The molecule has 1 saturated heterocycles. The summed E-state index contributed by atoms with van der Waals surface area (Å²) in [5, 5.41) is 5.86. The van der Waals surface area contributed by atoms with Crippen LogP contribution in [-0.4, -0.2) is 46.1 Å². The summed E-state index contributed by atoms with van der Waals surface area (Å²) in [6, 6.07) is 12.2. The predicted molar refractivity (Wildman–Crippen MR) is 127 cm³/mol. The normalized spacial score (nSPS) is 18.7. The first-order chi connectivity index (χ1) is 15.9. The van der Waals surface area contributed by atoms with E-state index in [0.717, 1.165) is 36.7 Å². The second-order valence-electron chi connectivity index (χ2n) is 8.11. The van der Waals surface area contributed by atoms with Gasteiger partial charge in [-0.2, -0.15) is 4.99 Å². The van der Waals surface area contributed by atoms with Crippen LogP contribution < -0.4 is 10.6 Å². The number of carbonyl (C=O) groups excluding carboxylic acids is 3. The highest BCUT2D eigenvalue weighted by molar-refractivity contribution is 8.15. The van der Waals surface area contributed by atoms with Crippen LogP contribution in [-0.2, 0) is 9.59 Å². The van der Waals surface area contributed by atoms with E-state index in [0.29, 0.717) is 11.3 Å². The number of halogens is 1. The molecule has 2 aliphatic rings. The van der Waals surface area contributed by atoms with Gasteiger partial charge < -0.3 is 15.5 Å². The zero-order valence-electron chi connectivity index (χ0n) is 18.2. The average molecular weight is 469 g/mol. The fraction of sp³-hybridized carbons (Fsp3) is 0.333. The average Bonchev–Trinajstić information content (AvgIpc) is 3.45. The van der Waals surface area contributed by atoms with E-state index in [9.17, 15) is 18.8 Å². The molecule has 2 aliphatic heterocycles. The first-order valence-corrected chi connectivity index (χ1v) is 11.8. The molecule has 0 spiro atoms. The van der Waals surface area contributed by atoms with Crippen LogP contribution in [0.4, 0.5) is 10.1 Å². The van der Waals surface area contributed by atoms with Crippen LogP contribution in [0.2, 0.25) is 0 Å². The number of rotatable bonds is 6. The number of aliphatic imine (C=N–C) groups is 1. The van der Waals surface area contributed by atoms with Crippen molar-refractivity contribution in [2.75, 3.05) is 18.4 Å². The zero-order valence-corrected chi connectivity index (χ0v) is 19.0. The SMILES string of the molecule is C[C@H](NC(=O)c1ccc(NC(=O)C[C@H]2SC(N3CCCC3)=NC2=O)cc1)c1ccc(F)cc1. The van der Waals surface area contributed by atoms with Crippen LogP contribution in [0.5, 0.6) is 0 Å². The third kappa shape index (κ3) is 5.78. The standard InChI is InChI=1S/C24H25FN4O3S/c1-15(16-4-8-18(25)9-5-16)26-22(31)17-6-10-19(11-7-17)27-21(30)14-20-23(32)28-24(33-20)29-12-2-3-13-29/h4-11,15,20H,2-3,12-14H2,1H3,(H,26,31)(H,27,30)/t15-,20+/m0/s1. The molecule has 1 fully saturated rings. The Balaban J connectivity index is 1.27. The first-order valence-electron chi connectivity index (χ1n) is 10.9. The number of thioether (sulfide) groups is 1. The number of nitrogens with one attached hydrogen (secondary N) is 2. The number of nitrogens with zero attached hydrogens (tertiary/aromatic N) is 2. The number of hydrogen-bond donors (Lipinski definition) is 2. The van der Waals surface area contributed by atoms with Crippen molar-refractivity contribution in [1.29, 1.82) is 0 Å². The Morgan fingerprint density at radius 1 is 1.12 bits per heavy atom. The molecule has 0 unspecified atom stereocenters. The van der Waals surface area contributed by atoms with Crippen molar-refractivity contribution in [3.05, 3.63) is 65.5 Å². The minimum Gasteiger partial charge on any atom is -0.351 e. The largest absolute Gasteiger partial charge is 0.351 e. The molecule has 2 atom stereocenters. The van der Waals surface area contributed by atoms with E-state index in [1.807, 2.05) is 6.92 Å². The monoisotopic (exact) mass is 468 g/mol. The van der Waals surface area contributed by atoms with Crippen LogP contribution in [0, 0.1) is 5.82 Å². The summed E-state index contributed by atoms with van der Waals surface area (Å²) >= 11 is 1.36. The maximum absolute atomic E-state index is 13.1. The summed E-state index contributed by atoms with van der Waals surface area (Å²) in [7, 11) is 0. The molecule has 0 bridgehead atoms. The summed E-state index contributed by atoms with van der Waals surface area (Å²) in [6.07, 6.45) is 2.23. The quantitative estimate of drug-likeness (QED) is 0.674. The molecule has 33 heavy (non-hydrogen) atoms. The second-order valence-corrected chi connectivity index (χ2v) is 9.28. The lowest BCUT2D eigenvalue weighted by Crippen LogP contribution is -2.26. The van der Waals surface area contributed by atoms with E-state index in [4.69, 9.17) is 0 Å². The molecule has 0 radical (unpaired) electrons. The maximum Gasteiger partial charge on any atom is 0.262 e. The molecule has 0 saturated carbocycles. The molecule has 0 aromatic heterocycles. The number of amidine groups is 1. The summed E-state index contributed by atoms with van der Waals surface area (Å²) in [6.45, 7) is 3.63. The lowest BCUT2D eigenvalue weighted by molar-refractivity contribution is -0.121. The number of benzene rings is 2. The van der Waals surface area contributed by atoms with Crippen LogP contribution >= 0.6 is 11.8 Å². The van der Waals surface area contributed by atoms with Gasteiger partial charge in [-0.3, -0.25) is 14.4 Å². The predicted octanol–water partition coefficient (Wildman–Crippen LogP) is 3.74. The molecule has 4 rings (SSSR count). The van der Waals surface area contributed by atoms with Gasteiger partial charge in [-0.05, 0) is 61.7 Å². The number of amides is 3. The van der Waals surface area contributed by atoms with E-state index >= 15 is 0 Å². The van der Waals surface area contributed by atoms with Gasteiger partial charge in [-0.25, -0.2) is 4.39 Å². The van der Waals surface area contributed by atoms with Gasteiger partial charge in [0.15, 0.2) is 5.17 Å². The lowest BCUT2D eigenvalue weighted by atomic mass is 10.1. The van der Waals surface area contributed by atoms with Gasteiger partial charge in [-0.1, -0.05) is 23.9 Å². The molecular formula is C24H25FN4O3S. The highest BCUT2D eigenvalue weighted by Gasteiger charge is 2.33. The van der Waals surface area contributed by atoms with Crippen molar-refractivity contribution >= 4 is 40.3 Å². The Morgan fingerprint density at radius 2 is 1.79 bits per heavy atom. The van der Waals surface area contributed by atoms with Crippen molar-refractivity contribution in [3.8, 4) is 0 Å². The zero-order chi connectivity index (χ0) is 23.4. The van der Waals surface area contributed by atoms with Gasteiger partial charge in [-0.15, -0.1) is 0 Å². The van der Waals surface area contributed by atoms with Gasteiger partial charge in [0.05, 0.1) is 6.04 Å². The molecular weight excluding hydrogens is 443 g/mol. The van der Waals surface area contributed by atoms with Crippen LogP contribution in [0.1, 0.15) is 48.1 Å². The Morgan fingerprint density at radius 3 is 2.45 bits per heavy atom. The molecule has 9 heteroatoms. The molecule has 172 valence electrons. The Hall–Kier alpha value is -3.20. The van der Waals surface area contributed by atoms with Crippen molar-refractivity contribution in [2.24, 2.45) is 4.99 Å². The smallest absolute Gasteiger partial charge is 0.262 e. The van der Waals surface area contributed by atoms with Gasteiger partial charge >= 0.3 is 0 Å². The number of hydrogen-bond acceptors (Lipinski definition) is 5. The highest BCUT2D eigenvalue weighted by Crippen LogP contribution is 2.29. The molecule has 3 amide bonds. The molecule has 0 aliphatic carbocycles. The fourth-order valence-electron chi connectivity index (χ4n) is 3.75. The molecule has 2 N–H and O–H groups in total. The van der Waals surface area contributed by atoms with Crippen LogP contribution in [0.3, 0.4) is 0 Å². The van der Waals surface area contributed by atoms with E-state index in [-0.39, 0.29) is 36.0 Å². The van der Waals surface area contributed by atoms with E-state index in [1.54, 1.807) is 36.4 Å². The van der Waals surface area contributed by atoms with Crippen molar-refractivity contribution < 1.29 is 18.8 Å². The van der Waals surface area contributed by atoms with E-state index < -0.39 is 5.25 Å². The second kappa shape index (κ2) is 10.2. The topological polar surface area (TPSA) is 90.9 Å². The fourth-order valence-corrected chi connectivity index (χ4v) is 4.87. The lowest BCUT2D eigenvalue weighted by Gasteiger charge is -2.16. The van der Waals surface area contributed by atoms with Gasteiger partial charge in [0.25, 0.3) is 11.8 Å². The third-order valence-corrected chi connectivity index (χ3v) is 6.84. The molecule has 2 aromatic carbocycles. The Labute approximate surface area is 195 Å². The maximum atomic E-state index is 13.1. The van der Waals surface area contributed by atoms with Crippen LogP contribution in [0.15, 0.2) is 53.5 Å². The van der Waals surface area contributed by atoms with Gasteiger partial charge in [0, 0.05) is 30.8 Å². The first kappa shape index (κ1) is 23.0. The minimum atomic E-state index is -0.501. The Kier molecular flexibility index (Phi) is 7.08. The van der Waals surface area contributed by atoms with Crippen molar-refractivity contribution in [3.63, 3.8) is 0 Å². The number of likely N-dealkylation sites (tertiary alicyclic amines) is 1. The Bertz CT molecular complexity index is 1070. The van der Waals surface area contributed by atoms with Crippen molar-refractivity contribution in [2.45, 2.75) is 37.5 Å². The summed E-state index contributed by atoms with van der Waals surface area (Å²) in [4.78, 5) is 43.3. The van der Waals surface area contributed by atoms with Gasteiger partial charge in [0.2, 0.25) is 5.91 Å². The minimum absolute atomic E-state index is 0.0434. The van der Waals surface area contributed by atoms with Gasteiger partial charge in [0.1, 0.15) is 11.1 Å². The van der Waals surface area contributed by atoms with E-state index in [1.165, 1.54) is 23.9 Å². The van der Waals surface area contributed by atoms with Crippen molar-refractivity contribution in [1.82, 2.24) is 10.2 Å². The molecule has 2 heterocycles. The van der Waals surface area contributed by atoms with Crippen LogP contribution in [0.25, 0.3) is 0 Å². The summed E-state index contributed by atoms with van der Waals surface area (Å²) in [5.41, 5.74) is 1.77. The molecule has 2 aromatic rings. The summed E-state index contributed by atoms with van der Waals surface area (Å²) < 4.78 is 13.1. The third-order valence-electron chi connectivity index (χ3n) is 5.62. The highest BCUT2D eigenvalue weighted by atomic mass is 32.2. The number of anilines is 1.